The maximum Gasteiger partial charge on any atom is 0.359 e. The summed E-state index contributed by atoms with van der Waals surface area (Å²) in [4.78, 5) is 0. The molecule has 0 rings (SSSR count). The summed E-state index contributed by atoms with van der Waals surface area (Å²) in [5, 5.41) is 0. The monoisotopic (exact) mass is 438 g/mol. The average Bonchev–Trinajstić information content (AvgIpc) is 2.49. The average molecular weight is 440 g/mol. The van der Waals surface area contributed by atoms with Crippen molar-refractivity contribution in [2.75, 3.05) is 49.5 Å². The van der Waals surface area contributed by atoms with Crippen LogP contribution in [0.15, 0.2) is 0 Å². The standard InChI is InChI=1S/C10H20Cl4O6P2/c1-10(20-21(15,9-5-14)17-6-2-11)22(16,18-7-3-12)19-8-4-13/h10H,2-9H2,1H3. The smallest absolute Gasteiger partial charge is 0.307 e. The van der Waals surface area contributed by atoms with E-state index >= 15 is 0 Å². The molecule has 0 aliphatic carbocycles. The van der Waals surface area contributed by atoms with E-state index in [-0.39, 0.29) is 49.5 Å². The molecule has 0 spiro atoms. The van der Waals surface area contributed by atoms with Gasteiger partial charge in [0.05, 0.1) is 26.0 Å². The molecule has 0 saturated carbocycles. The fraction of sp³-hybridized carbons (Fsp3) is 1.00. The zero-order chi connectivity index (χ0) is 17.1. The van der Waals surface area contributed by atoms with E-state index in [0.29, 0.717) is 0 Å². The van der Waals surface area contributed by atoms with Crippen LogP contribution in [-0.2, 0) is 27.2 Å². The molecule has 12 heteroatoms. The largest absolute Gasteiger partial charge is 0.359 e. The summed E-state index contributed by atoms with van der Waals surface area (Å²) in [5.41, 5.74) is 0. The topological polar surface area (TPSA) is 71.1 Å². The van der Waals surface area contributed by atoms with Crippen LogP contribution in [0.5, 0.6) is 0 Å². The van der Waals surface area contributed by atoms with Crippen molar-refractivity contribution in [1.82, 2.24) is 0 Å². The van der Waals surface area contributed by atoms with Gasteiger partial charge in [0.2, 0.25) is 0 Å². The summed E-state index contributed by atoms with van der Waals surface area (Å²) in [6.45, 7) is 1.39. The molecule has 0 aromatic heterocycles. The van der Waals surface area contributed by atoms with Gasteiger partial charge in [0, 0.05) is 23.5 Å². The summed E-state index contributed by atoms with van der Waals surface area (Å²) < 4.78 is 45.9. The molecule has 0 bridgehead atoms. The molecule has 0 aromatic carbocycles. The van der Waals surface area contributed by atoms with Crippen LogP contribution in [0.3, 0.4) is 0 Å². The van der Waals surface area contributed by atoms with Crippen molar-refractivity contribution in [2.45, 2.75) is 12.8 Å². The molecule has 0 aliphatic rings. The summed E-state index contributed by atoms with van der Waals surface area (Å²) in [7, 11) is -7.28. The predicted octanol–water partition coefficient (Wildman–Crippen LogP) is 4.74. The van der Waals surface area contributed by atoms with E-state index < -0.39 is 21.0 Å². The Bertz CT molecular complexity index is 374. The number of halogens is 4. The van der Waals surface area contributed by atoms with Crippen LogP contribution in [0.25, 0.3) is 0 Å². The zero-order valence-corrected chi connectivity index (χ0v) is 16.9. The summed E-state index contributed by atoms with van der Waals surface area (Å²) in [6.07, 6.45) is -0.0548. The molecule has 0 N–H and O–H groups in total. The van der Waals surface area contributed by atoms with Crippen molar-refractivity contribution < 1.29 is 27.2 Å². The normalized spacial score (nSPS) is 16.4. The van der Waals surface area contributed by atoms with Crippen molar-refractivity contribution in [3.63, 3.8) is 0 Å². The van der Waals surface area contributed by atoms with Crippen LogP contribution in [-0.4, -0.2) is 55.3 Å². The molecule has 0 aromatic rings. The van der Waals surface area contributed by atoms with E-state index in [4.69, 9.17) is 64.5 Å². The first-order chi connectivity index (χ1) is 10.4. The molecular formula is C10H20Cl4O6P2. The lowest BCUT2D eigenvalue weighted by Gasteiger charge is -2.27. The van der Waals surface area contributed by atoms with E-state index in [1.54, 1.807) is 0 Å². The lowest BCUT2D eigenvalue weighted by molar-refractivity contribution is 0.148. The van der Waals surface area contributed by atoms with Crippen molar-refractivity contribution in [1.29, 1.82) is 0 Å². The van der Waals surface area contributed by atoms with Crippen LogP contribution in [0.1, 0.15) is 6.92 Å². The quantitative estimate of drug-likeness (QED) is 0.287. The Labute approximate surface area is 151 Å². The number of hydrogen-bond donors (Lipinski definition) is 0. The van der Waals surface area contributed by atoms with Crippen LogP contribution in [0.2, 0.25) is 0 Å². The van der Waals surface area contributed by atoms with Crippen LogP contribution in [0.4, 0.5) is 0 Å². The van der Waals surface area contributed by atoms with Crippen LogP contribution in [0, 0.1) is 0 Å². The fourth-order valence-electron chi connectivity index (χ4n) is 1.29. The van der Waals surface area contributed by atoms with Gasteiger partial charge in [-0.2, -0.15) is 0 Å². The summed E-state index contributed by atoms with van der Waals surface area (Å²) >= 11 is 22.1. The second-order valence-electron chi connectivity index (χ2n) is 3.83. The van der Waals surface area contributed by atoms with Gasteiger partial charge >= 0.3 is 15.2 Å². The molecule has 0 saturated heterocycles. The Morgan fingerprint density at radius 3 is 1.68 bits per heavy atom. The first-order valence-corrected chi connectivity index (χ1v) is 11.9. The number of alkyl halides is 4. The molecule has 2 unspecified atom stereocenters. The fourth-order valence-corrected chi connectivity index (χ4v) is 5.88. The maximum absolute atomic E-state index is 12.7. The Kier molecular flexibility index (Phi) is 13.6. The van der Waals surface area contributed by atoms with Gasteiger partial charge in [-0.3, -0.25) is 13.7 Å². The van der Waals surface area contributed by atoms with Crippen molar-refractivity contribution in [3.05, 3.63) is 0 Å². The lowest BCUT2D eigenvalue weighted by atomic mass is 10.9. The van der Waals surface area contributed by atoms with Gasteiger partial charge in [-0.05, 0) is 6.92 Å². The van der Waals surface area contributed by atoms with E-state index in [9.17, 15) is 9.13 Å². The number of hydrogen-bond acceptors (Lipinski definition) is 6. The Morgan fingerprint density at radius 2 is 1.27 bits per heavy atom. The zero-order valence-electron chi connectivity index (χ0n) is 12.1. The first-order valence-electron chi connectivity index (χ1n) is 6.42. The van der Waals surface area contributed by atoms with Gasteiger partial charge in [0.15, 0.2) is 5.85 Å². The third-order valence-electron chi connectivity index (χ3n) is 2.18. The Balaban J connectivity index is 4.97. The first kappa shape index (κ1) is 23.5. The van der Waals surface area contributed by atoms with Crippen molar-refractivity contribution in [2.24, 2.45) is 0 Å². The highest BCUT2D eigenvalue weighted by Crippen LogP contribution is 2.60. The highest BCUT2D eigenvalue weighted by Gasteiger charge is 2.39. The Morgan fingerprint density at radius 1 is 0.818 bits per heavy atom. The molecule has 0 aliphatic heterocycles. The molecule has 2 atom stereocenters. The molecular weight excluding hydrogens is 420 g/mol. The van der Waals surface area contributed by atoms with Crippen molar-refractivity contribution >= 4 is 61.6 Å². The third kappa shape index (κ3) is 9.08. The molecule has 0 heterocycles. The van der Waals surface area contributed by atoms with Crippen LogP contribution < -0.4 is 0 Å². The SMILES string of the molecule is CC(OP(=O)(CCCl)OCCCl)P(=O)(OCCCl)OCCCl. The van der Waals surface area contributed by atoms with Gasteiger partial charge in [0.25, 0.3) is 0 Å². The third-order valence-corrected chi connectivity index (χ3v) is 7.33. The maximum atomic E-state index is 12.7. The van der Waals surface area contributed by atoms with Gasteiger partial charge in [-0.1, -0.05) is 0 Å². The van der Waals surface area contributed by atoms with E-state index in [1.165, 1.54) is 6.92 Å². The lowest BCUT2D eigenvalue weighted by Crippen LogP contribution is -2.16. The van der Waals surface area contributed by atoms with E-state index in [1.807, 2.05) is 0 Å². The van der Waals surface area contributed by atoms with Gasteiger partial charge in [-0.25, -0.2) is 0 Å². The molecule has 0 radical (unpaired) electrons. The molecule has 0 amide bonds. The Hall–Kier alpha value is 1.46. The molecule has 0 fully saturated rings. The van der Waals surface area contributed by atoms with Crippen LogP contribution >= 0.6 is 61.6 Å². The highest BCUT2D eigenvalue weighted by molar-refractivity contribution is 7.57. The molecule has 134 valence electrons. The summed E-state index contributed by atoms with van der Waals surface area (Å²) in [6, 6.07) is 0. The molecule has 6 nitrogen and oxygen atoms in total. The predicted molar refractivity (Wildman–Crippen MR) is 91.4 cm³/mol. The summed E-state index contributed by atoms with van der Waals surface area (Å²) in [5.74, 6) is -0.732. The van der Waals surface area contributed by atoms with Gasteiger partial charge < -0.3 is 13.6 Å². The van der Waals surface area contributed by atoms with Crippen molar-refractivity contribution in [3.8, 4) is 0 Å². The molecule has 22 heavy (non-hydrogen) atoms. The minimum absolute atomic E-state index is 0.0117. The van der Waals surface area contributed by atoms with Gasteiger partial charge in [0.1, 0.15) is 0 Å². The minimum Gasteiger partial charge on any atom is -0.307 e. The van der Waals surface area contributed by atoms with E-state index in [0.717, 1.165) is 0 Å². The van der Waals surface area contributed by atoms with E-state index in [2.05, 4.69) is 0 Å². The van der Waals surface area contributed by atoms with Gasteiger partial charge in [-0.15, -0.1) is 46.4 Å². The number of rotatable bonds is 14. The second-order valence-corrected chi connectivity index (χ2v) is 9.81. The second kappa shape index (κ2) is 12.8. The minimum atomic E-state index is -3.72. The highest BCUT2D eigenvalue weighted by atomic mass is 35.5.